The molecule has 472 valence electrons. The number of carboxylic acid groups (broad SMARTS) is 1. The van der Waals surface area contributed by atoms with Crippen LogP contribution in [0.5, 0.6) is 0 Å². The summed E-state index contributed by atoms with van der Waals surface area (Å²) in [7, 11) is 12.0. The Kier molecular flexibility index (Phi) is 20.2. The number of rotatable bonds is 29. The molecule has 0 bridgehead atoms. The maximum Gasteiger partial charge on any atom is 0.335 e. The molecule has 0 radical (unpaired) electrons. The standard InChI is InChI=1S/C69H87N10O9S/c1-48-22-26-58-50(38-48)23-28-60-65(58)68(2,3)62(76(60)30-16-32-78(6,7)8)20-14-18-49(19-15-21-63-69(4,5)66-59-27-25-57(89(82,83)84)41-51(59)24-29-61(66)77(63)31-17-33-79(9,10)11)64-53(42-74-44-55(70-72-74)46-87-36-34-85-12)39-52(67(80)81)40-54(64)43-75-45-56(71-73-75)47-88-37-35-86-13/h14-15,18-29,38-41,44-45H,16-17,30-37,42-43,46-47H2,1-13H3/q+1/p+2. The Hall–Kier alpha value is -7.53. The van der Waals surface area contributed by atoms with Gasteiger partial charge in [-0.3, -0.25) is 4.55 Å². The summed E-state index contributed by atoms with van der Waals surface area (Å²) in [6.07, 6.45) is 18.3. The number of allylic oxidation sites excluding steroid dienone is 8. The van der Waals surface area contributed by atoms with Crippen LogP contribution in [-0.4, -0.2) is 182 Å². The van der Waals surface area contributed by atoms with Gasteiger partial charge in [-0.2, -0.15) is 13.0 Å². The number of quaternary nitrogens is 2. The molecule has 0 saturated heterocycles. The van der Waals surface area contributed by atoms with Gasteiger partial charge >= 0.3 is 5.97 Å². The van der Waals surface area contributed by atoms with Gasteiger partial charge in [0.25, 0.3) is 10.1 Å². The second-order valence-electron chi connectivity index (χ2n) is 26.4. The second-order valence-corrected chi connectivity index (χ2v) is 27.9. The molecule has 89 heavy (non-hydrogen) atoms. The first-order chi connectivity index (χ1) is 42.2. The van der Waals surface area contributed by atoms with Gasteiger partial charge < -0.3 is 37.9 Å². The van der Waals surface area contributed by atoms with Crippen LogP contribution >= 0.6 is 0 Å². The predicted octanol–water partition coefficient (Wildman–Crippen LogP) is 10.3. The molecule has 2 N–H and O–H groups in total. The number of aromatic carboxylic acids is 1. The molecule has 19 nitrogen and oxygen atoms in total. The van der Waals surface area contributed by atoms with E-state index in [-0.39, 0.29) is 36.8 Å². The quantitative estimate of drug-likeness (QED) is 0.0148. The molecule has 7 aromatic rings. The molecule has 0 unspecified atom stereocenters. The van der Waals surface area contributed by atoms with Gasteiger partial charge in [-0.25, -0.2) is 14.2 Å². The molecule has 0 aliphatic carbocycles. The van der Waals surface area contributed by atoms with Crippen LogP contribution in [0.25, 0.3) is 27.1 Å². The van der Waals surface area contributed by atoms with Gasteiger partial charge in [0.1, 0.15) is 11.4 Å². The van der Waals surface area contributed by atoms with E-state index in [2.05, 4.69) is 180 Å². The lowest BCUT2D eigenvalue weighted by Gasteiger charge is -2.29. The fraction of sp³-hybridized carbons (Fsp3) is 0.420. The molecule has 5 aromatic carbocycles. The SMILES string of the molecule is COCCOCc1cn(Cc2cc(C(=O)O)cc(Cn3cc(COCCOC)nn3)c2C(=C\C=C\C2=[N+](CCC[N+](C)(C)C)c3ccc4cc(S(=O)(=O)O)ccc4c3C2(C)C)/C=C/C=C2/N(CCC[N+](C)(C)C)c3ccc4cc(C)ccc4c3C2(C)C)nn1. The smallest absolute Gasteiger partial charge is 0.335 e. The summed E-state index contributed by atoms with van der Waals surface area (Å²) in [5.41, 5.74) is 11.2. The number of carboxylic acids is 1. The molecule has 2 aliphatic rings. The minimum absolute atomic E-state index is 0.0881. The third-order valence-corrected chi connectivity index (χ3v) is 17.5. The van der Waals surface area contributed by atoms with Gasteiger partial charge in [0.2, 0.25) is 5.69 Å². The number of nitrogens with zero attached hydrogens (tertiary/aromatic N) is 10. The van der Waals surface area contributed by atoms with Gasteiger partial charge in [-0.1, -0.05) is 84.5 Å². The van der Waals surface area contributed by atoms with Crippen LogP contribution < -0.4 is 4.90 Å². The fourth-order valence-corrected chi connectivity index (χ4v) is 13.0. The van der Waals surface area contributed by atoms with Crippen molar-refractivity contribution in [2.24, 2.45) is 0 Å². The van der Waals surface area contributed by atoms with E-state index in [9.17, 15) is 22.9 Å². The molecule has 4 heterocycles. The molecule has 2 aliphatic heterocycles. The maximum atomic E-state index is 13.3. The molecular formula is C69H89N10O9S+3. The zero-order chi connectivity index (χ0) is 64.1. The van der Waals surface area contributed by atoms with Crippen molar-refractivity contribution >= 4 is 60.3 Å². The van der Waals surface area contributed by atoms with Crippen molar-refractivity contribution in [3.63, 3.8) is 0 Å². The molecule has 0 amide bonds. The lowest BCUT2D eigenvalue weighted by molar-refractivity contribution is -0.871. The monoisotopic (exact) mass is 1230 g/mol. The molecule has 2 aromatic heterocycles. The van der Waals surface area contributed by atoms with Crippen LogP contribution in [-0.2, 0) is 66.2 Å². The highest BCUT2D eigenvalue weighted by molar-refractivity contribution is 7.85. The van der Waals surface area contributed by atoms with Crippen LogP contribution in [0, 0.1) is 6.92 Å². The summed E-state index contributed by atoms with van der Waals surface area (Å²) in [5.74, 6) is -1.09. The van der Waals surface area contributed by atoms with E-state index >= 15 is 0 Å². The van der Waals surface area contributed by atoms with E-state index < -0.39 is 26.9 Å². The van der Waals surface area contributed by atoms with Crippen molar-refractivity contribution in [1.29, 1.82) is 0 Å². The fourth-order valence-electron chi connectivity index (χ4n) is 12.5. The first-order valence-corrected chi connectivity index (χ1v) is 31.8. The third-order valence-electron chi connectivity index (χ3n) is 16.6. The number of ether oxygens (including phenoxy) is 4. The molecular weight excluding hydrogens is 1140 g/mol. The number of hydrogen-bond donors (Lipinski definition) is 2. The first kappa shape index (κ1) is 65.9. The van der Waals surface area contributed by atoms with Gasteiger partial charge in [-0.15, -0.1) is 10.2 Å². The molecule has 9 rings (SSSR count). The van der Waals surface area contributed by atoms with Crippen molar-refractivity contribution in [1.82, 2.24) is 30.0 Å². The van der Waals surface area contributed by atoms with E-state index in [4.69, 9.17) is 18.9 Å². The number of fused-ring (bicyclic) bond motifs is 6. The van der Waals surface area contributed by atoms with Crippen LogP contribution in [0.15, 0.2) is 132 Å². The number of methoxy groups -OCH3 is 2. The van der Waals surface area contributed by atoms with Crippen LogP contribution in [0.3, 0.4) is 0 Å². The predicted molar refractivity (Wildman–Crippen MR) is 350 cm³/mol. The summed E-state index contributed by atoms with van der Waals surface area (Å²) in [6.45, 7) is 16.9. The van der Waals surface area contributed by atoms with Gasteiger partial charge in [0, 0.05) is 61.7 Å². The Morgan fingerprint density at radius 2 is 1.29 bits per heavy atom. The number of aryl methyl sites for hydroxylation is 1. The Labute approximate surface area is 524 Å². The van der Waals surface area contributed by atoms with Gasteiger partial charge in [-0.05, 0) is 113 Å². The van der Waals surface area contributed by atoms with Crippen molar-refractivity contribution in [3.05, 3.63) is 178 Å². The highest BCUT2D eigenvalue weighted by Gasteiger charge is 2.46. The van der Waals surface area contributed by atoms with E-state index in [0.29, 0.717) is 60.9 Å². The lowest BCUT2D eigenvalue weighted by atomic mass is 9.79. The maximum absolute atomic E-state index is 13.3. The number of hydrogen-bond acceptors (Lipinski definition) is 12. The minimum Gasteiger partial charge on any atom is -0.478 e. The summed E-state index contributed by atoms with van der Waals surface area (Å²) >= 11 is 0. The topological polar surface area (TPSA) is 196 Å². The number of carbonyl (C=O) groups is 1. The summed E-state index contributed by atoms with van der Waals surface area (Å²) in [4.78, 5) is 15.7. The average molecular weight is 1230 g/mol. The van der Waals surface area contributed by atoms with Crippen molar-refractivity contribution < 1.29 is 55.4 Å². The highest BCUT2D eigenvalue weighted by atomic mass is 32.2. The van der Waals surface area contributed by atoms with Crippen LogP contribution in [0.4, 0.5) is 11.4 Å². The van der Waals surface area contributed by atoms with E-state index in [0.717, 1.165) is 80.6 Å². The Morgan fingerprint density at radius 1 is 0.708 bits per heavy atom. The zero-order valence-corrected chi connectivity index (χ0v) is 54.9. The minimum atomic E-state index is -4.45. The Bertz CT molecular complexity index is 3950. The lowest BCUT2D eigenvalue weighted by Crippen LogP contribution is -2.37. The van der Waals surface area contributed by atoms with Crippen LogP contribution in [0.2, 0.25) is 0 Å². The van der Waals surface area contributed by atoms with Gasteiger partial charge in [0.15, 0.2) is 12.3 Å². The molecule has 0 atom stereocenters. The van der Waals surface area contributed by atoms with Crippen molar-refractivity contribution in [3.8, 4) is 0 Å². The molecule has 0 saturated carbocycles. The van der Waals surface area contributed by atoms with Crippen molar-refractivity contribution in [2.75, 3.05) is 114 Å². The number of aromatic nitrogens is 6. The number of anilines is 1. The highest BCUT2D eigenvalue weighted by Crippen LogP contribution is 2.51. The summed E-state index contributed by atoms with van der Waals surface area (Å²) < 4.78 is 64.4. The molecule has 0 fully saturated rings. The summed E-state index contributed by atoms with van der Waals surface area (Å²) in [6, 6.07) is 23.5. The van der Waals surface area contributed by atoms with E-state index in [1.807, 2.05) is 18.5 Å². The summed E-state index contributed by atoms with van der Waals surface area (Å²) in [5, 5.41) is 32.9. The first-order valence-electron chi connectivity index (χ1n) is 30.4. The van der Waals surface area contributed by atoms with E-state index in [1.54, 1.807) is 41.8 Å². The zero-order valence-electron chi connectivity index (χ0n) is 54.1. The largest absolute Gasteiger partial charge is 0.478 e. The third kappa shape index (κ3) is 15.6. The Balaban J connectivity index is 1.25. The van der Waals surface area contributed by atoms with Gasteiger partial charge in [0.05, 0.1) is 143 Å². The second kappa shape index (κ2) is 27.3. The molecule has 0 spiro atoms. The normalized spacial score (nSPS) is 15.7. The van der Waals surface area contributed by atoms with Crippen molar-refractivity contribution in [2.45, 2.75) is 89.5 Å². The van der Waals surface area contributed by atoms with Crippen LogP contribution in [0.1, 0.15) is 95.7 Å². The van der Waals surface area contributed by atoms with E-state index in [1.165, 1.54) is 39.7 Å². The average Bonchev–Trinajstić information content (AvgIpc) is 1.64. The Morgan fingerprint density at radius 3 is 1.89 bits per heavy atom. The molecule has 20 heteroatoms. The number of benzene rings is 5.